The lowest BCUT2D eigenvalue weighted by molar-refractivity contribution is 0.0680. The van der Waals surface area contributed by atoms with Crippen LogP contribution in [0.1, 0.15) is 29.4 Å². The van der Waals surface area contributed by atoms with E-state index in [1.807, 2.05) is 6.92 Å². The summed E-state index contributed by atoms with van der Waals surface area (Å²) in [6.45, 7) is 3.54. The maximum absolute atomic E-state index is 12.3. The SMILES string of the molecule is CCNC(=O)c1cc2c(-c3cc(OCC4CCCO4)c(Cl)cc3Cl)nc(N)nc2s1. The van der Waals surface area contributed by atoms with E-state index in [9.17, 15) is 4.79 Å². The summed E-state index contributed by atoms with van der Waals surface area (Å²) in [5.41, 5.74) is 7.05. The van der Waals surface area contributed by atoms with E-state index in [1.165, 1.54) is 11.3 Å². The second-order valence-electron chi connectivity index (χ2n) is 6.83. The number of carbonyl (C=O) groups excluding carboxylic acids is 1. The predicted octanol–water partition coefficient (Wildman–Crippen LogP) is 4.55. The van der Waals surface area contributed by atoms with Gasteiger partial charge in [0, 0.05) is 24.1 Å². The van der Waals surface area contributed by atoms with Gasteiger partial charge in [-0.1, -0.05) is 23.2 Å². The van der Waals surface area contributed by atoms with Crippen LogP contribution in [0.2, 0.25) is 10.0 Å². The molecule has 1 unspecified atom stereocenters. The molecule has 1 amide bonds. The molecule has 0 bridgehead atoms. The molecule has 1 atom stereocenters. The van der Waals surface area contributed by atoms with Gasteiger partial charge in [-0.2, -0.15) is 0 Å². The molecule has 0 aliphatic carbocycles. The van der Waals surface area contributed by atoms with Crippen molar-refractivity contribution < 1.29 is 14.3 Å². The molecule has 30 heavy (non-hydrogen) atoms. The summed E-state index contributed by atoms with van der Waals surface area (Å²) in [7, 11) is 0. The van der Waals surface area contributed by atoms with Gasteiger partial charge in [0.25, 0.3) is 5.91 Å². The highest BCUT2D eigenvalue weighted by molar-refractivity contribution is 7.20. The zero-order valence-corrected chi connectivity index (χ0v) is 18.5. The largest absolute Gasteiger partial charge is 0.489 e. The number of amides is 1. The molecule has 1 aromatic carbocycles. The average molecular weight is 467 g/mol. The fourth-order valence-electron chi connectivity index (χ4n) is 3.28. The molecule has 7 nitrogen and oxygen atoms in total. The number of rotatable bonds is 6. The molecule has 158 valence electrons. The molecule has 0 saturated carbocycles. The Kier molecular flexibility index (Phi) is 6.29. The highest BCUT2D eigenvalue weighted by Crippen LogP contribution is 2.40. The number of carbonyl (C=O) groups is 1. The average Bonchev–Trinajstić information content (AvgIpc) is 3.36. The molecule has 3 N–H and O–H groups in total. The second kappa shape index (κ2) is 8.93. The first-order valence-electron chi connectivity index (χ1n) is 9.55. The van der Waals surface area contributed by atoms with Crippen molar-refractivity contribution in [2.24, 2.45) is 0 Å². The monoisotopic (exact) mass is 466 g/mol. The molecule has 1 fully saturated rings. The van der Waals surface area contributed by atoms with E-state index in [0.29, 0.717) is 55.3 Å². The molecule has 2 aromatic heterocycles. The van der Waals surface area contributed by atoms with E-state index in [2.05, 4.69) is 15.3 Å². The highest BCUT2D eigenvalue weighted by Gasteiger charge is 2.21. The van der Waals surface area contributed by atoms with Crippen molar-refractivity contribution in [3.05, 3.63) is 33.1 Å². The summed E-state index contributed by atoms with van der Waals surface area (Å²) in [5.74, 6) is 0.401. The van der Waals surface area contributed by atoms with E-state index in [-0.39, 0.29) is 18.0 Å². The Labute approximate surface area is 187 Å². The molecule has 1 saturated heterocycles. The van der Waals surface area contributed by atoms with Crippen LogP contribution >= 0.6 is 34.5 Å². The molecule has 4 rings (SSSR count). The van der Waals surface area contributed by atoms with E-state index in [1.54, 1.807) is 18.2 Å². The fourth-order valence-corrected chi connectivity index (χ4v) is 4.76. The van der Waals surface area contributed by atoms with Crippen LogP contribution in [0.4, 0.5) is 5.95 Å². The minimum Gasteiger partial charge on any atom is -0.489 e. The predicted molar refractivity (Wildman–Crippen MR) is 120 cm³/mol. The molecule has 1 aliphatic heterocycles. The number of halogens is 2. The Morgan fingerprint density at radius 3 is 2.90 bits per heavy atom. The quantitative estimate of drug-likeness (QED) is 0.552. The maximum Gasteiger partial charge on any atom is 0.261 e. The first-order chi connectivity index (χ1) is 14.5. The van der Waals surface area contributed by atoms with Crippen LogP contribution in [-0.4, -0.2) is 41.7 Å². The minimum absolute atomic E-state index is 0.0538. The number of nitrogens with zero attached hydrogens (tertiary/aromatic N) is 2. The van der Waals surface area contributed by atoms with Crippen molar-refractivity contribution in [2.75, 3.05) is 25.5 Å². The van der Waals surface area contributed by atoms with Gasteiger partial charge in [-0.15, -0.1) is 11.3 Å². The minimum atomic E-state index is -0.173. The third kappa shape index (κ3) is 4.32. The summed E-state index contributed by atoms with van der Waals surface area (Å²) in [6.07, 6.45) is 2.04. The summed E-state index contributed by atoms with van der Waals surface area (Å²) < 4.78 is 11.5. The molecule has 0 spiro atoms. The number of nitrogens with one attached hydrogen (secondary N) is 1. The van der Waals surface area contributed by atoms with Crippen molar-refractivity contribution in [3.8, 4) is 17.0 Å². The number of benzene rings is 1. The number of fused-ring (bicyclic) bond motifs is 1. The van der Waals surface area contributed by atoms with Gasteiger partial charge < -0.3 is 20.5 Å². The number of ether oxygens (including phenoxy) is 2. The maximum atomic E-state index is 12.3. The number of anilines is 1. The second-order valence-corrected chi connectivity index (χ2v) is 8.67. The van der Waals surface area contributed by atoms with Crippen LogP contribution in [0.3, 0.4) is 0 Å². The smallest absolute Gasteiger partial charge is 0.261 e. The lowest BCUT2D eigenvalue weighted by atomic mass is 10.1. The Hall–Kier alpha value is -2.13. The van der Waals surface area contributed by atoms with Crippen LogP contribution in [-0.2, 0) is 4.74 Å². The number of nitrogen functional groups attached to an aromatic ring is 1. The number of nitrogens with two attached hydrogens (primary N) is 1. The van der Waals surface area contributed by atoms with Crippen molar-refractivity contribution in [1.29, 1.82) is 0 Å². The van der Waals surface area contributed by atoms with Crippen molar-refractivity contribution in [2.45, 2.75) is 25.9 Å². The van der Waals surface area contributed by atoms with Crippen LogP contribution in [0.15, 0.2) is 18.2 Å². The van der Waals surface area contributed by atoms with Crippen molar-refractivity contribution in [1.82, 2.24) is 15.3 Å². The number of aromatic nitrogens is 2. The summed E-state index contributed by atoms with van der Waals surface area (Å²) >= 11 is 14.1. The summed E-state index contributed by atoms with van der Waals surface area (Å²) in [4.78, 5) is 22.1. The normalized spacial score (nSPS) is 16.2. The Bertz CT molecular complexity index is 1100. The van der Waals surface area contributed by atoms with Crippen LogP contribution in [0.25, 0.3) is 21.5 Å². The molecule has 10 heteroatoms. The third-order valence-corrected chi connectivity index (χ3v) is 6.33. The van der Waals surface area contributed by atoms with E-state index >= 15 is 0 Å². The van der Waals surface area contributed by atoms with Gasteiger partial charge in [0.2, 0.25) is 5.95 Å². The Morgan fingerprint density at radius 1 is 1.33 bits per heavy atom. The Morgan fingerprint density at radius 2 is 2.17 bits per heavy atom. The van der Waals surface area contributed by atoms with Gasteiger partial charge in [0.1, 0.15) is 17.2 Å². The lowest BCUT2D eigenvalue weighted by Gasteiger charge is -2.15. The molecular formula is C20H20Cl2N4O3S. The van der Waals surface area contributed by atoms with Crippen LogP contribution in [0, 0.1) is 0 Å². The first kappa shape index (κ1) is 21.1. The molecular weight excluding hydrogens is 447 g/mol. The topological polar surface area (TPSA) is 99.4 Å². The highest BCUT2D eigenvalue weighted by atomic mass is 35.5. The lowest BCUT2D eigenvalue weighted by Crippen LogP contribution is -2.21. The number of hydrogen-bond acceptors (Lipinski definition) is 7. The van der Waals surface area contributed by atoms with Gasteiger partial charge in [-0.25, -0.2) is 9.97 Å². The summed E-state index contributed by atoms with van der Waals surface area (Å²) in [5, 5.41) is 4.26. The standard InChI is InChI=1S/C20H20Cl2N4O3S/c1-2-24-18(27)16-7-12-17(25-20(23)26-19(12)30-16)11-6-15(14(22)8-13(11)21)29-9-10-4-3-5-28-10/h6-8,10H,2-5,9H2,1H3,(H,24,27)(H2,23,25,26). The van der Waals surface area contributed by atoms with Gasteiger partial charge in [0.05, 0.1) is 26.7 Å². The van der Waals surface area contributed by atoms with E-state index < -0.39 is 0 Å². The van der Waals surface area contributed by atoms with Gasteiger partial charge in [-0.05, 0) is 38.0 Å². The van der Waals surface area contributed by atoms with Gasteiger partial charge >= 0.3 is 0 Å². The van der Waals surface area contributed by atoms with Gasteiger partial charge in [-0.3, -0.25) is 4.79 Å². The van der Waals surface area contributed by atoms with Crippen LogP contribution in [0.5, 0.6) is 5.75 Å². The van der Waals surface area contributed by atoms with Crippen molar-refractivity contribution >= 4 is 56.6 Å². The zero-order chi connectivity index (χ0) is 21.3. The Balaban J connectivity index is 1.74. The molecule has 1 aliphatic rings. The van der Waals surface area contributed by atoms with E-state index in [0.717, 1.165) is 19.4 Å². The third-order valence-electron chi connectivity index (χ3n) is 4.70. The molecule has 0 radical (unpaired) electrons. The van der Waals surface area contributed by atoms with Gasteiger partial charge in [0.15, 0.2) is 0 Å². The fraction of sp³-hybridized carbons (Fsp3) is 0.350. The van der Waals surface area contributed by atoms with Crippen LogP contribution < -0.4 is 15.8 Å². The van der Waals surface area contributed by atoms with Crippen molar-refractivity contribution in [3.63, 3.8) is 0 Å². The number of hydrogen-bond donors (Lipinski definition) is 2. The first-order valence-corrected chi connectivity index (χ1v) is 11.1. The summed E-state index contributed by atoms with van der Waals surface area (Å²) in [6, 6.07) is 5.10. The number of thiophene rings is 1. The van der Waals surface area contributed by atoms with E-state index in [4.69, 9.17) is 38.4 Å². The molecule has 3 heterocycles. The zero-order valence-electron chi connectivity index (χ0n) is 16.2. The molecule has 3 aromatic rings.